The Hall–Kier alpha value is -3.41. The quantitative estimate of drug-likeness (QED) is 0.589. The Labute approximate surface area is 182 Å². The summed E-state index contributed by atoms with van der Waals surface area (Å²) in [4.78, 5) is 27.3. The number of hydrogen-bond donors (Lipinski definition) is 0. The number of esters is 1. The summed E-state index contributed by atoms with van der Waals surface area (Å²) in [7, 11) is 0. The van der Waals surface area contributed by atoms with E-state index in [2.05, 4.69) is 29.4 Å². The van der Waals surface area contributed by atoms with Crippen LogP contribution in [0, 0.1) is 20.8 Å². The molecule has 2 heterocycles. The van der Waals surface area contributed by atoms with Gasteiger partial charge in [-0.1, -0.05) is 48.0 Å². The van der Waals surface area contributed by atoms with Crippen LogP contribution in [0.2, 0.25) is 0 Å². The molecule has 0 atom stereocenters. The minimum atomic E-state index is -0.510. The third-order valence-corrected chi connectivity index (χ3v) is 5.78. The first-order valence-electron chi connectivity index (χ1n) is 10.6. The monoisotopic (exact) mass is 417 g/mol. The number of nitrogens with zero attached hydrogens (tertiary/aromatic N) is 3. The van der Waals surface area contributed by atoms with Crippen molar-refractivity contribution in [2.45, 2.75) is 40.2 Å². The number of carbonyl (C=O) groups excluding carboxylic acids is 2. The Morgan fingerprint density at radius 2 is 1.77 bits per heavy atom. The van der Waals surface area contributed by atoms with Crippen molar-refractivity contribution in [2.75, 3.05) is 18.1 Å². The van der Waals surface area contributed by atoms with Gasteiger partial charge in [-0.25, -0.2) is 4.79 Å². The zero-order chi connectivity index (χ0) is 22.0. The van der Waals surface area contributed by atoms with Crippen LogP contribution < -0.4 is 4.90 Å². The van der Waals surface area contributed by atoms with Gasteiger partial charge in [0.05, 0.1) is 17.9 Å². The van der Waals surface area contributed by atoms with Crippen LogP contribution in [0.4, 0.5) is 5.69 Å². The fourth-order valence-electron chi connectivity index (χ4n) is 4.08. The molecule has 1 amide bonds. The normalized spacial score (nSPS) is 13.1. The van der Waals surface area contributed by atoms with Gasteiger partial charge in [-0.2, -0.15) is 5.10 Å². The van der Waals surface area contributed by atoms with Crippen molar-refractivity contribution >= 4 is 17.6 Å². The Bertz CT molecular complexity index is 1120. The van der Waals surface area contributed by atoms with Gasteiger partial charge in [-0.05, 0) is 50.8 Å². The lowest BCUT2D eigenvalue weighted by atomic mass is 10.0. The van der Waals surface area contributed by atoms with Gasteiger partial charge in [0.2, 0.25) is 0 Å². The molecule has 0 saturated heterocycles. The highest BCUT2D eigenvalue weighted by atomic mass is 16.5. The van der Waals surface area contributed by atoms with Gasteiger partial charge in [0.25, 0.3) is 5.91 Å². The fraction of sp³-hybridized carbons (Fsp3) is 0.320. The summed E-state index contributed by atoms with van der Waals surface area (Å²) in [6.07, 6.45) is 1.86. The predicted octanol–water partition coefficient (Wildman–Crippen LogP) is 3.99. The zero-order valence-electron chi connectivity index (χ0n) is 18.2. The van der Waals surface area contributed by atoms with E-state index in [9.17, 15) is 9.59 Å². The molecule has 0 spiro atoms. The maximum Gasteiger partial charge on any atom is 0.342 e. The van der Waals surface area contributed by atoms with Gasteiger partial charge in [0.15, 0.2) is 6.61 Å². The molecule has 0 aliphatic carbocycles. The largest absolute Gasteiger partial charge is 0.452 e. The second-order valence-electron chi connectivity index (χ2n) is 8.04. The number of amides is 1. The summed E-state index contributed by atoms with van der Waals surface area (Å²) in [5.41, 5.74) is 6.13. The molecule has 0 radical (unpaired) electrons. The van der Waals surface area contributed by atoms with Crippen LogP contribution in [0.25, 0.3) is 0 Å². The fourth-order valence-corrected chi connectivity index (χ4v) is 4.08. The second-order valence-corrected chi connectivity index (χ2v) is 8.04. The molecule has 0 N–H and O–H groups in total. The van der Waals surface area contributed by atoms with Gasteiger partial charge in [-0.3, -0.25) is 9.48 Å². The Balaban J connectivity index is 1.44. The molecule has 0 saturated carbocycles. The van der Waals surface area contributed by atoms with E-state index in [1.807, 2.05) is 38.1 Å². The molecule has 0 unspecified atom stereocenters. The summed E-state index contributed by atoms with van der Waals surface area (Å²) in [6, 6.07) is 16.1. The summed E-state index contributed by atoms with van der Waals surface area (Å²) in [5, 5.41) is 4.52. The SMILES string of the molecule is Cc1ccc(Cn2nc(C)c(C(=O)OCC(=O)N3CCCc4ccccc43)c2C)cc1. The first kappa shape index (κ1) is 20.8. The number of ether oxygens (including phenoxy) is 1. The van der Waals surface area contributed by atoms with Crippen molar-refractivity contribution in [3.05, 3.63) is 82.2 Å². The Morgan fingerprint density at radius 3 is 2.55 bits per heavy atom. The molecule has 0 bridgehead atoms. The summed E-state index contributed by atoms with van der Waals surface area (Å²) < 4.78 is 7.22. The molecule has 6 nitrogen and oxygen atoms in total. The van der Waals surface area contributed by atoms with E-state index in [-0.39, 0.29) is 12.5 Å². The lowest BCUT2D eigenvalue weighted by Gasteiger charge is -2.29. The van der Waals surface area contributed by atoms with E-state index in [1.165, 1.54) is 5.56 Å². The van der Waals surface area contributed by atoms with E-state index in [0.717, 1.165) is 35.3 Å². The summed E-state index contributed by atoms with van der Waals surface area (Å²) in [5.74, 6) is -0.716. The number of hydrogen-bond acceptors (Lipinski definition) is 4. The van der Waals surface area contributed by atoms with Crippen LogP contribution in [0.15, 0.2) is 48.5 Å². The van der Waals surface area contributed by atoms with Crippen molar-refractivity contribution in [2.24, 2.45) is 0 Å². The molecular formula is C25H27N3O3. The number of carbonyl (C=O) groups is 2. The van der Waals surface area contributed by atoms with Gasteiger partial charge >= 0.3 is 5.97 Å². The van der Waals surface area contributed by atoms with Crippen LogP contribution >= 0.6 is 0 Å². The first-order chi connectivity index (χ1) is 14.9. The second kappa shape index (κ2) is 8.76. The molecule has 1 aliphatic heterocycles. The van der Waals surface area contributed by atoms with Crippen LogP contribution in [-0.2, 0) is 22.5 Å². The molecule has 3 aromatic rings. The third kappa shape index (κ3) is 4.38. The summed E-state index contributed by atoms with van der Waals surface area (Å²) in [6.45, 7) is 6.62. The molecule has 1 aromatic heterocycles. The number of para-hydroxylation sites is 1. The van der Waals surface area contributed by atoms with Crippen molar-refractivity contribution in [1.29, 1.82) is 0 Å². The Morgan fingerprint density at radius 1 is 1.03 bits per heavy atom. The molecule has 2 aromatic carbocycles. The Kier molecular flexibility index (Phi) is 5.89. The maximum absolute atomic E-state index is 12.8. The lowest BCUT2D eigenvalue weighted by molar-refractivity contribution is -0.121. The first-order valence-corrected chi connectivity index (χ1v) is 10.6. The van der Waals surface area contributed by atoms with Crippen LogP contribution in [0.5, 0.6) is 0 Å². The van der Waals surface area contributed by atoms with Crippen LogP contribution in [0.1, 0.15) is 44.9 Å². The molecule has 1 aliphatic rings. The van der Waals surface area contributed by atoms with Gasteiger partial charge in [0, 0.05) is 12.2 Å². The van der Waals surface area contributed by atoms with Crippen molar-refractivity contribution < 1.29 is 14.3 Å². The smallest absolute Gasteiger partial charge is 0.342 e. The van der Waals surface area contributed by atoms with E-state index < -0.39 is 5.97 Å². The molecule has 4 rings (SSSR count). The minimum absolute atomic E-state index is 0.206. The van der Waals surface area contributed by atoms with E-state index in [1.54, 1.807) is 16.5 Å². The van der Waals surface area contributed by atoms with Gasteiger partial charge < -0.3 is 9.64 Å². The molecule has 6 heteroatoms. The highest BCUT2D eigenvalue weighted by Gasteiger charge is 2.25. The van der Waals surface area contributed by atoms with E-state index in [0.29, 0.717) is 24.3 Å². The number of benzene rings is 2. The standard InChI is InChI=1S/C25H27N3O3/c1-17-10-12-20(13-11-17)15-28-19(3)24(18(2)26-28)25(30)31-16-23(29)27-14-6-8-21-7-4-5-9-22(21)27/h4-5,7,9-13H,6,8,14-16H2,1-3H3. The highest BCUT2D eigenvalue weighted by molar-refractivity contribution is 5.98. The van der Waals surface area contributed by atoms with Crippen LogP contribution in [0.3, 0.4) is 0 Å². The number of aromatic nitrogens is 2. The maximum atomic E-state index is 12.8. The average Bonchev–Trinajstić information content (AvgIpc) is 3.05. The lowest BCUT2D eigenvalue weighted by Crippen LogP contribution is -2.38. The number of anilines is 1. The average molecular weight is 418 g/mol. The minimum Gasteiger partial charge on any atom is -0.452 e. The summed E-state index contributed by atoms with van der Waals surface area (Å²) >= 11 is 0. The van der Waals surface area contributed by atoms with Crippen molar-refractivity contribution in [1.82, 2.24) is 9.78 Å². The van der Waals surface area contributed by atoms with Gasteiger partial charge in [-0.15, -0.1) is 0 Å². The topological polar surface area (TPSA) is 64.4 Å². The third-order valence-electron chi connectivity index (χ3n) is 5.78. The van der Waals surface area contributed by atoms with Crippen LogP contribution in [-0.4, -0.2) is 34.8 Å². The number of aryl methyl sites for hydroxylation is 3. The van der Waals surface area contributed by atoms with Crippen molar-refractivity contribution in [3.63, 3.8) is 0 Å². The molecule has 31 heavy (non-hydrogen) atoms. The van der Waals surface area contributed by atoms with Crippen molar-refractivity contribution in [3.8, 4) is 0 Å². The van der Waals surface area contributed by atoms with E-state index in [4.69, 9.17) is 4.74 Å². The zero-order valence-corrected chi connectivity index (χ0v) is 18.2. The molecular weight excluding hydrogens is 390 g/mol. The molecule has 160 valence electrons. The van der Waals surface area contributed by atoms with Gasteiger partial charge in [0.1, 0.15) is 5.56 Å². The van der Waals surface area contributed by atoms with E-state index >= 15 is 0 Å². The number of fused-ring (bicyclic) bond motifs is 1. The number of rotatable bonds is 5. The highest BCUT2D eigenvalue weighted by Crippen LogP contribution is 2.26. The molecule has 0 fully saturated rings. The predicted molar refractivity (Wildman–Crippen MR) is 119 cm³/mol.